The first-order valence-corrected chi connectivity index (χ1v) is 25.9. The standard InChI is InChI=1S/C46H40ClF10N7O5S2/c1-43(2,70(66,67)24-6-7-24)13-12-32-26-4-3-5-27(26)35(28-10-11-31(47)37-39(28)64(20-44(50,51)52)61-42(37)62-71(68,69)25-8-9-25)38(59-32)33(16-21-14-22(48)17-23(49)15-21)58-34(65)19-63-41-36(40(60-63)46(55,56)57)29-18-30(29)45(41,53)54/h10-11,14-15,17,24-25,29-30,33H,3-9,16,18-20H2,1-2H3,(H,58,65)(H,61,62)/t29?,30-,33+/m1/s1. The SMILES string of the molecule is CC(C)(C#Cc1nc([C@H](Cc2cc(F)cc(F)c2)NC(=O)Cn2nc(C(F)(F)F)c3c2C(F)(F)[C@@H]2CC32)c(-c2ccc(Cl)c3c(NS(=O)(=O)C4CC4)nn(CC(F)(F)F)c23)c2c1CCC2)S(=O)(=O)C1CC1. The number of sulfone groups is 1. The van der Waals surface area contributed by atoms with Crippen LogP contribution in [0.15, 0.2) is 30.3 Å². The Morgan fingerprint density at radius 3 is 2.23 bits per heavy atom. The molecule has 1 amide bonds. The van der Waals surface area contributed by atoms with Crippen LogP contribution < -0.4 is 10.0 Å². The van der Waals surface area contributed by atoms with Gasteiger partial charge in [0.15, 0.2) is 21.3 Å². The average Bonchev–Trinajstić information content (AvgIpc) is 4.18. The Balaban J connectivity index is 1.20. The third-order valence-electron chi connectivity index (χ3n) is 13.6. The molecule has 5 aromatic rings. The van der Waals surface area contributed by atoms with Gasteiger partial charge in [-0.05, 0) is 118 Å². The number of carbonyl (C=O) groups excluding carboxylic acids is 1. The van der Waals surface area contributed by atoms with Gasteiger partial charge in [-0.25, -0.2) is 30.6 Å². The number of carbonyl (C=O) groups is 1. The van der Waals surface area contributed by atoms with Gasteiger partial charge in [0.05, 0.1) is 38.2 Å². The van der Waals surface area contributed by atoms with Crippen LogP contribution >= 0.6 is 11.6 Å². The lowest BCUT2D eigenvalue weighted by molar-refractivity contribution is -0.142. The van der Waals surface area contributed by atoms with Gasteiger partial charge >= 0.3 is 12.4 Å². The lowest BCUT2D eigenvalue weighted by atomic mass is 9.88. The summed E-state index contributed by atoms with van der Waals surface area (Å²) in [7, 11) is -8.01. The van der Waals surface area contributed by atoms with E-state index in [1.165, 1.54) is 26.0 Å². The first kappa shape index (κ1) is 49.2. The van der Waals surface area contributed by atoms with E-state index in [-0.39, 0.29) is 80.8 Å². The quantitative estimate of drug-likeness (QED) is 0.0873. The molecule has 3 heterocycles. The molecule has 0 spiro atoms. The molecule has 3 aromatic heterocycles. The van der Waals surface area contributed by atoms with E-state index in [1.54, 1.807) is 0 Å². The third-order valence-corrected chi connectivity index (χ3v) is 18.6. The molecule has 0 radical (unpaired) electrons. The fourth-order valence-electron chi connectivity index (χ4n) is 10.00. The van der Waals surface area contributed by atoms with Crippen LogP contribution in [0.1, 0.15) is 109 Å². The van der Waals surface area contributed by atoms with Crippen molar-refractivity contribution < 1.29 is 65.5 Å². The molecule has 25 heteroatoms. The molecular weight excluding hydrogens is 1020 g/mol. The molecule has 0 bridgehead atoms. The topological polar surface area (TPSA) is 158 Å². The van der Waals surface area contributed by atoms with Gasteiger partial charge in [-0.15, -0.1) is 0 Å². The van der Waals surface area contributed by atoms with Crippen LogP contribution in [0.25, 0.3) is 22.0 Å². The van der Waals surface area contributed by atoms with Crippen LogP contribution in [0.5, 0.6) is 0 Å². The fraction of sp³-hybridized carbons (Fsp3) is 0.478. The highest BCUT2D eigenvalue weighted by molar-refractivity contribution is 7.94. The van der Waals surface area contributed by atoms with Gasteiger partial charge in [0.25, 0.3) is 5.92 Å². The van der Waals surface area contributed by atoms with Crippen LogP contribution in [0.4, 0.5) is 49.7 Å². The van der Waals surface area contributed by atoms with Crippen LogP contribution in [0, 0.1) is 29.4 Å². The van der Waals surface area contributed by atoms with E-state index in [1.807, 2.05) is 0 Å². The molecule has 0 saturated heterocycles. The Kier molecular flexibility index (Phi) is 11.5. The van der Waals surface area contributed by atoms with Crippen molar-refractivity contribution in [2.24, 2.45) is 5.92 Å². The van der Waals surface area contributed by atoms with Crippen LogP contribution in [-0.2, 0) is 69.1 Å². The Labute approximate surface area is 403 Å². The lowest BCUT2D eigenvalue weighted by Gasteiger charge is -2.25. The van der Waals surface area contributed by atoms with Crippen molar-refractivity contribution in [1.29, 1.82) is 0 Å². The average molecular weight is 1060 g/mol. The van der Waals surface area contributed by atoms with Crippen molar-refractivity contribution in [3.63, 3.8) is 0 Å². The van der Waals surface area contributed by atoms with Gasteiger partial charge in [-0.1, -0.05) is 23.6 Å². The number of anilines is 1. The largest absolute Gasteiger partial charge is 0.435 e. The van der Waals surface area contributed by atoms with E-state index < -0.39 is 131 Å². The van der Waals surface area contributed by atoms with E-state index in [2.05, 4.69) is 32.1 Å². The summed E-state index contributed by atoms with van der Waals surface area (Å²) in [5.74, 6) is -4.67. The summed E-state index contributed by atoms with van der Waals surface area (Å²) in [6.45, 7) is -0.232. The number of fused-ring (bicyclic) bond motifs is 5. The number of hydrogen-bond donors (Lipinski definition) is 2. The van der Waals surface area contributed by atoms with E-state index in [9.17, 15) is 56.8 Å². The first-order valence-electron chi connectivity index (χ1n) is 22.5. The molecule has 3 fully saturated rings. The number of nitrogens with zero attached hydrogens (tertiary/aromatic N) is 5. The summed E-state index contributed by atoms with van der Waals surface area (Å²) in [6, 6.07) is 3.21. The summed E-state index contributed by atoms with van der Waals surface area (Å²) >= 11 is 6.69. The van der Waals surface area contributed by atoms with Crippen molar-refractivity contribution in [2.75, 3.05) is 4.72 Å². The van der Waals surface area contributed by atoms with Crippen LogP contribution in [0.3, 0.4) is 0 Å². The molecule has 1 unspecified atom stereocenters. The highest BCUT2D eigenvalue weighted by Crippen LogP contribution is 2.68. The molecule has 2 aromatic carbocycles. The minimum absolute atomic E-state index is 0.0114. The number of aromatic nitrogens is 5. The minimum atomic E-state index is -5.18. The minimum Gasteiger partial charge on any atom is -0.346 e. The molecule has 5 aliphatic carbocycles. The molecule has 3 atom stereocenters. The maximum Gasteiger partial charge on any atom is 0.435 e. The molecule has 12 nitrogen and oxygen atoms in total. The van der Waals surface area contributed by atoms with Crippen molar-refractivity contribution in [3.05, 3.63) is 92.0 Å². The zero-order valence-electron chi connectivity index (χ0n) is 37.3. The Morgan fingerprint density at radius 1 is 0.930 bits per heavy atom. The summed E-state index contributed by atoms with van der Waals surface area (Å²) in [5.41, 5.74) is -3.63. The monoisotopic (exact) mass is 1060 g/mol. The summed E-state index contributed by atoms with van der Waals surface area (Å²) in [6.07, 6.45) is -8.88. The number of nitrogens with one attached hydrogen (secondary N) is 2. The first-order chi connectivity index (χ1) is 33.1. The van der Waals surface area contributed by atoms with Crippen molar-refractivity contribution in [1.82, 2.24) is 29.9 Å². The zero-order valence-corrected chi connectivity index (χ0v) is 39.7. The number of pyridine rings is 1. The normalized spacial score (nSPS) is 20.0. The van der Waals surface area contributed by atoms with Gasteiger partial charge in [0, 0.05) is 28.7 Å². The fourth-order valence-corrected chi connectivity index (χ4v) is 13.4. The second-order valence-electron chi connectivity index (χ2n) is 19.3. The maximum absolute atomic E-state index is 15.7. The van der Waals surface area contributed by atoms with E-state index >= 15 is 8.78 Å². The third kappa shape index (κ3) is 8.90. The van der Waals surface area contributed by atoms with Crippen molar-refractivity contribution in [2.45, 2.75) is 130 Å². The summed E-state index contributed by atoms with van der Waals surface area (Å²) in [5, 5.41) is 8.08. The maximum atomic E-state index is 15.7. The highest BCUT2D eigenvalue weighted by atomic mass is 35.5. The van der Waals surface area contributed by atoms with Crippen molar-refractivity contribution >= 4 is 54.1 Å². The number of amides is 1. The van der Waals surface area contributed by atoms with E-state index in [0.717, 1.165) is 12.1 Å². The van der Waals surface area contributed by atoms with Gasteiger partial charge in [-0.2, -0.15) is 45.3 Å². The number of sulfonamides is 1. The lowest BCUT2D eigenvalue weighted by Crippen LogP contribution is -2.35. The Morgan fingerprint density at radius 2 is 1.59 bits per heavy atom. The second-order valence-corrected chi connectivity index (χ2v) is 24.4. The van der Waals surface area contributed by atoms with Gasteiger partial charge < -0.3 is 5.32 Å². The number of hydrogen-bond acceptors (Lipinski definition) is 8. The van der Waals surface area contributed by atoms with Gasteiger partial charge in [0.1, 0.15) is 40.9 Å². The molecule has 0 aliphatic heterocycles. The number of rotatable bonds is 13. The number of halogens is 11. The molecular formula is C46H40ClF10N7O5S2. The summed E-state index contributed by atoms with van der Waals surface area (Å²) < 4.78 is 203. The molecule has 5 aliphatic rings. The molecule has 71 heavy (non-hydrogen) atoms. The second kappa shape index (κ2) is 16.6. The molecule has 378 valence electrons. The van der Waals surface area contributed by atoms with Crippen LogP contribution in [-0.4, -0.2) is 68.7 Å². The molecule has 10 rings (SSSR count). The Bertz CT molecular complexity index is 3370. The molecule has 2 N–H and O–H groups in total. The molecule has 3 saturated carbocycles. The van der Waals surface area contributed by atoms with Crippen LogP contribution in [0.2, 0.25) is 5.02 Å². The smallest absolute Gasteiger partial charge is 0.346 e. The summed E-state index contributed by atoms with van der Waals surface area (Å²) in [4.78, 5) is 19.2. The van der Waals surface area contributed by atoms with E-state index in [4.69, 9.17) is 16.6 Å². The van der Waals surface area contributed by atoms with Gasteiger partial charge in [0.2, 0.25) is 15.9 Å². The predicted molar refractivity (Wildman–Crippen MR) is 237 cm³/mol. The van der Waals surface area contributed by atoms with Crippen molar-refractivity contribution in [3.8, 4) is 23.0 Å². The van der Waals surface area contributed by atoms with E-state index in [0.29, 0.717) is 41.1 Å². The van der Waals surface area contributed by atoms with Gasteiger partial charge in [-0.3, -0.25) is 18.9 Å². The zero-order chi connectivity index (χ0) is 51.1. The number of benzene rings is 2. The predicted octanol–water partition coefficient (Wildman–Crippen LogP) is 9.22. The highest BCUT2D eigenvalue weighted by Gasteiger charge is 2.68. The Hall–Kier alpha value is -5.41. The number of alkyl halides is 8.